The zero-order chi connectivity index (χ0) is 58.9. The summed E-state index contributed by atoms with van der Waals surface area (Å²) in [6, 6.07) is 0. The third-order valence-electron chi connectivity index (χ3n) is 22.2. The van der Waals surface area contributed by atoms with Crippen LogP contribution in [-0.2, 0) is 38.0 Å². The standard InChI is InChI=1S/C69H126O8/c1-48(2)28-27-29-49(3)66(22)36-37-67(23)54(66)33-35-69(25)55(67)31-30-50-44-51(32-34-68(50,69)24)76-63(16,17)47-64(18,19)77-57(71)52(59(7,8)9)46-60(10,11)65(20,21)53(45-58(4,5)6)56(70)73-42-43-75-62(14,15)39-41-74-61(12,13)38-40-72-26/h30,48-49,51-55H,27-29,31-47H2,1-26H3. The Bertz CT molecular complexity index is 1960. The number of hydrogen-bond acceptors (Lipinski definition) is 8. The van der Waals surface area contributed by atoms with Crippen LogP contribution in [0.4, 0.5) is 0 Å². The molecule has 8 nitrogen and oxygen atoms in total. The van der Waals surface area contributed by atoms with E-state index in [1.807, 2.05) is 0 Å². The van der Waals surface area contributed by atoms with Gasteiger partial charge in [0.15, 0.2) is 0 Å². The van der Waals surface area contributed by atoms with Crippen LogP contribution in [0.1, 0.15) is 276 Å². The SMILES string of the molecule is COCCC(C)(C)OCCC(C)(C)OCCOC(=O)C(CC(C)(C)C)C(C)(C)C(C)(C)CC(C(=O)OC(C)(C)CC(C)(C)OC1CCC2(C)C(=CCC3C4(C)CCC(C)(C(C)CCCC(C)C)C4CCC32C)C1)C(C)(C)C. The van der Waals surface area contributed by atoms with Crippen molar-refractivity contribution in [1.82, 2.24) is 0 Å². The van der Waals surface area contributed by atoms with E-state index in [-0.39, 0.29) is 46.5 Å². The molecule has 0 amide bonds. The van der Waals surface area contributed by atoms with Gasteiger partial charge < -0.3 is 28.4 Å². The highest BCUT2D eigenvalue weighted by Gasteiger charge is 2.67. The summed E-state index contributed by atoms with van der Waals surface area (Å²) in [6.07, 6.45) is 20.1. The molecule has 4 aliphatic rings. The second kappa shape index (κ2) is 24.8. The minimum Gasteiger partial charge on any atom is -0.463 e. The molecule has 0 aromatic rings. The first-order valence-electron chi connectivity index (χ1n) is 31.4. The molecule has 450 valence electrons. The molecule has 3 saturated carbocycles. The second-order valence-corrected chi connectivity index (χ2v) is 33.6. The highest BCUT2D eigenvalue weighted by molar-refractivity contribution is 5.75. The Morgan fingerprint density at radius 2 is 1.23 bits per heavy atom. The highest BCUT2D eigenvalue weighted by Crippen LogP contribution is 2.75. The average molecular weight is 1080 g/mol. The first kappa shape index (κ1) is 68.0. The molecule has 0 aromatic heterocycles. The molecule has 4 aliphatic carbocycles. The van der Waals surface area contributed by atoms with Crippen LogP contribution in [0.25, 0.3) is 0 Å². The van der Waals surface area contributed by atoms with Crippen molar-refractivity contribution in [3.05, 3.63) is 11.6 Å². The molecule has 0 aliphatic heterocycles. The van der Waals surface area contributed by atoms with Crippen LogP contribution in [0.5, 0.6) is 0 Å². The molecule has 77 heavy (non-hydrogen) atoms. The lowest BCUT2D eigenvalue weighted by Crippen LogP contribution is -2.59. The number of allylic oxidation sites excluding steroid dienone is 1. The van der Waals surface area contributed by atoms with Crippen molar-refractivity contribution >= 4 is 11.9 Å². The lowest BCUT2D eigenvalue weighted by molar-refractivity contribution is -0.180. The van der Waals surface area contributed by atoms with E-state index >= 15 is 0 Å². The van der Waals surface area contributed by atoms with E-state index in [9.17, 15) is 9.59 Å². The van der Waals surface area contributed by atoms with Crippen LogP contribution in [-0.4, -0.2) is 74.0 Å². The topological polar surface area (TPSA) is 89.5 Å². The number of rotatable bonds is 28. The molecule has 8 heteroatoms. The van der Waals surface area contributed by atoms with Crippen molar-refractivity contribution in [2.45, 2.75) is 304 Å². The fourth-order valence-electron chi connectivity index (χ4n) is 16.3. The van der Waals surface area contributed by atoms with Gasteiger partial charge in [-0.15, -0.1) is 0 Å². The molecular weight excluding hydrogens is 957 g/mol. The molecule has 3 fully saturated rings. The maximum absolute atomic E-state index is 14.8. The van der Waals surface area contributed by atoms with Crippen molar-refractivity contribution in [2.24, 2.45) is 78.8 Å². The Balaban J connectivity index is 1.40. The van der Waals surface area contributed by atoms with Gasteiger partial charge in [-0.1, -0.05) is 149 Å². The third kappa shape index (κ3) is 16.6. The Morgan fingerprint density at radius 3 is 1.81 bits per heavy atom. The Labute approximate surface area is 476 Å². The first-order chi connectivity index (χ1) is 34.8. The quantitative estimate of drug-likeness (QED) is 0.0435. The van der Waals surface area contributed by atoms with Gasteiger partial charge in [0.25, 0.3) is 0 Å². The number of ether oxygens (including phenoxy) is 6. The maximum Gasteiger partial charge on any atom is 0.310 e. The normalized spacial score (nSPS) is 29.0. The molecule has 10 unspecified atom stereocenters. The number of methoxy groups -OCH3 is 1. The average Bonchev–Trinajstić information content (AvgIpc) is 3.54. The molecule has 0 N–H and O–H groups in total. The zero-order valence-electron chi connectivity index (χ0n) is 55.5. The van der Waals surface area contributed by atoms with Crippen LogP contribution in [0.15, 0.2) is 11.6 Å². The van der Waals surface area contributed by atoms with Gasteiger partial charge in [0, 0.05) is 20.1 Å². The van der Waals surface area contributed by atoms with Gasteiger partial charge in [0.05, 0.1) is 48.0 Å². The monoisotopic (exact) mass is 1080 g/mol. The van der Waals surface area contributed by atoms with Gasteiger partial charge >= 0.3 is 11.9 Å². The van der Waals surface area contributed by atoms with E-state index in [1.165, 1.54) is 57.8 Å². The summed E-state index contributed by atoms with van der Waals surface area (Å²) in [4.78, 5) is 29.2. The molecule has 4 rings (SSSR count). The molecule has 0 spiro atoms. The minimum atomic E-state index is -0.767. The van der Waals surface area contributed by atoms with Crippen LogP contribution in [0, 0.1) is 78.8 Å². The number of hydrogen-bond donors (Lipinski definition) is 0. The van der Waals surface area contributed by atoms with E-state index in [2.05, 4.69) is 179 Å². The molecule has 0 bridgehead atoms. The van der Waals surface area contributed by atoms with E-state index in [1.54, 1.807) is 12.7 Å². The van der Waals surface area contributed by atoms with Crippen LogP contribution < -0.4 is 0 Å². The zero-order valence-corrected chi connectivity index (χ0v) is 55.5. The molecule has 0 saturated heterocycles. The predicted molar refractivity (Wildman–Crippen MR) is 321 cm³/mol. The third-order valence-corrected chi connectivity index (χ3v) is 22.2. The van der Waals surface area contributed by atoms with Gasteiger partial charge in [-0.3, -0.25) is 9.59 Å². The second-order valence-electron chi connectivity index (χ2n) is 33.6. The maximum atomic E-state index is 14.8. The Kier molecular flexibility index (Phi) is 21.9. The lowest BCUT2D eigenvalue weighted by atomic mass is 9.39. The summed E-state index contributed by atoms with van der Waals surface area (Å²) < 4.78 is 37.6. The molecular formula is C69H126O8. The van der Waals surface area contributed by atoms with Crippen molar-refractivity contribution in [3.63, 3.8) is 0 Å². The summed E-state index contributed by atoms with van der Waals surface area (Å²) in [6.45, 7) is 58.4. The molecule has 0 aromatic carbocycles. The summed E-state index contributed by atoms with van der Waals surface area (Å²) in [5, 5.41) is 0. The summed E-state index contributed by atoms with van der Waals surface area (Å²) in [5.41, 5.74) is -0.565. The van der Waals surface area contributed by atoms with Gasteiger partial charge in [-0.25, -0.2) is 0 Å². The highest BCUT2D eigenvalue weighted by atomic mass is 16.6. The van der Waals surface area contributed by atoms with Crippen LogP contribution in [0.3, 0.4) is 0 Å². The first-order valence-corrected chi connectivity index (χ1v) is 31.4. The van der Waals surface area contributed by atoms with Gasteiger partial charge in [-0.05, 0) is 199 Å². The van der Waals surface area contributed by atoms with Crippen LogP contribution >= 0.6 is 0 Å². The largest absolute Gasteiger partial charge is 0.463 e. The Morgan fingerprint density at radius 1 is 0.636 bits per heavy atom. The van der Waals surface area contributed by atoms with E-state index in [0.717, 1.165) is 42.9 Å². The minimum absolute atomic E-state index is 0.135. The van der Waals surface area contributed by atoms with Crippen molar-refractivity contribution in [1.29, 1.82) is 0 Å². The molecule has 0 radical (unpaired) electrons. The molecule has 10 atom stereocenters. The summed E-state index contributed by atoms with van der Waals surface area (Å²) >= 11 is 0. The van der Waals surface area contributed by atoms with Crippen molar-refractivity contribution in [3.8, 4) is 0 Å². The fraction of sp³-hybridized carbons (Fsp3) is 0.942. The van der Waals surface area contributed by atoms with E-state index in [0.29, 0.717) is 61.7 Å². The van der Waals surface area contributed by atoms with Crippen LogP contribution in [0.2, 0.25) is 0 Å². The molecule has 0 heterocycles. The smallest absolute Gasteiger partial charge is 0.310 e. The predicted octanol–water partition coefficient (Wildman–Crippen LogP) is 18.4. The van der Waals surface area contributed by atoms with Gasteiger partial charge in [-0.2, -0.15) is 0 Å². The summed E-state index contributed by atoms with van der Waals surface area (Å²) in [7, 11) is 1.71. The number of esters is 2. The van der Waals surface area contributed by atoms with Gasteiger partial charge in [0.1, 0.15) is 12.2 Å². The fourth-order valence-corrected chi connectivity index (χ4v) is 16.3. The number of carbonyl (C=O) groups is 2. The number of carbonyl (C=O) groups excluding carboxylic acids is 2. The van der Waals surface area contributed by atoms with Crippen molar-refractivity contribution in [2.75, 3.05) is 33.5 Å². The van der Waals surface area contributed by atoms with Gasteiger partial charge in [0.2, 0.25) is 0 Å². The van der Waals surface area contributed by atoms with E-state index < -0.39 is 39.5 Å². The summed E-state index contributed by atoms with van der Waals surface area (Å²) in [5.74, 6) is 1.89. The van der Waals surface area contributed by atoms with Crippen molar-refractivity contribution < 1.29 is 38.0 Å². The number of fused-ring (bicyclic) bond motifs is 5. The Hall–Kier alpha value is -1.48. The van der Waals surface area contributed by atoms with E-state index in [4.69, 9.17) is 28.4 Å². The lowest BCUT2D eigenvalue weighted by Gasteiger charge is -2.66.